The van der Waals surface area contributed by atoms with Crippen LogP contribution in [0.3, 0.4) is 0 Å². The monoisotopic (exact) mass is 781 g/mol. The van der Waals surface area contributed by atoms with Crippen LogP contribution < -0.4 is 5.56 Å². The van der Waals surface area contributed by atoms with Gasteiger partial charge in [0.25, 0.3) is 5.56 Å². The van der Waals surface area contributed by atoms with E-state index in [1.54, 1.807) is 0 Å². The maximum Gasteiger partial charge on any atom is 0.265 e. The van der Waals surface area contributed by atoms with Gasteiger partial charge in [0.15, 0.2) is 0 Å². The van der Waals surface area contributed by atoms with Crippen molar-refractivity contribution >= 4 is 54.5 Å². The molecule has 4 aromatic heterocycles. The summed E-state index contributed by atoms with van der Waals surface area (Å²) in [6, 6.07) is 72.7. The molecule has 0 atom stereocenters. The fourth-order valence-electron chi connectivity index (χ4n) is 9.13. The Morgan fingerprint density at radius 1 is 0.344 bits per heavy atom. The van der Waals surface area contributed by atoms with Crippen molar-refractivity contribution < 1.29 is 0 Å². The molecule has 0 fully saturated rings. The van der Waals surface area contributed by atoms with E-state index in [0.717, 1.165) is 94.1 Å². The summed E-state index contributed by atoms with van der Waals surface area (Å²) >= 11 is 0. The average molecular weight is 782 g/mol. The molecule has 12 rings (SSSR count). The van der Waals surface area contributed by atoms with Crippen molar-refractivity contribution in [2.24, 2.45) is 0 Å². The number of hydrogen-bond acceptors (Lipinski definition) is 3. The maximum atomic E-state index is 15.2. The molecule has 0 spiro atoms. The summed E-state index contributed by atoms with van der Waals surface area (Å²) in [5.74, 6) is 0.621. The van der Waals surface area contributed by atoms with Crippen molar-refractivity contribution in [2.75, 3.05) is 0 Å². The topological polar surface area (TPSA) is 57.6 Å². The molecule has 0 radical (unpaired) electrons. The number of fused-ring (bicyclic) bond motifs is 7. The highest BCUT2D eigenvalue weighted by molar-refractivity contribution is 6.13. The summed E-state index contributed by atoms with van der Waals surface area (Å²) in [4.78, 5) is 25.6. The smallest absolute Gasteiger partial charge is 0.265 e. The number of aromatic nitrogens is 5. The number of benzene rings is 8. The van der Waals surface area contributed by atoms with Gasteiger partial charge < -0.3 is 4.57 Å². The fraction of sp³-hybridized carbons (Fsp3) is 0. The van der Waals surface area contributed by atoms with Gasteiger partial charge in [0.05, 0.1) is 44.4 Å². The third kappa shape index (κ3) is 5.54. The minimum Gasteiger partial charge on any atom is -0.309 e. The summed E-state index contributed by atoms with van der Waals surface area (Å²) in [7, 11) is 0. The van der Waals surface area contributed by atoms with Gasteiger partial charge in [-0.25, -0.2) is 9.97 Å². The SMILES string of the molecule is O=c1c2c3cc(-c4ccc5c(c4)c4ccccc4n5-c4nc(-c5ccccc5)c5ccccc5n4)ccc3n(-c3ccccc3)c2cc(-c2ccccc2)n1-c1ccccc1. The molecule has 286 valence electrons. The van der Waals surface area contributed by atoms with E-state index in [2.05, 4.69) is 124 Å². The van der Waals surface area contributed by atoms with Crippen molar-refractivity contribution in [1.82, 2.24) is 23.7 Å². The van der Waals surface area contributed by atoms with Crippen molar-refractivity contribution in [3.05, 3.63) is 223 Å². The molecule has 6 nitrogen and oxygen atoms in total. The molecule has 8 aromatic carbocycles. The second-order valence-electron chi connectivity index (χ2n) is 15.4. The van der Waals surface area contributed by atoms with Gasteiger partial charge in [-0.2, -0.15) is 0 Å². The molecule has 0 aliphatic rings. The maximum absolute atomic E-state index is 15.2. The molecule has 0 saturated carbocycles. The van der Waals surface area contributed by atoms with Crippen molar-refractivity contribution in [1.29, 1.82) is 0 Å². The Balaban J connectivity index is 1.09. The van der Waals surface area contributed by atoms with Gasteiger partial charge in [-0.1, -0.05) is 146 Å². The first-order valence-electron chi connectivity index (χ1n) is 20.5. The van der Waals surface area contributed by atoms with E-state index >= 15 is 4.79 Å². The van der Waals surface area contributed by atoms with Crippen LogP contribution in [0.5, 0.6) is 0 Å². The molecule has 0 aliphatic carbocycles. The second-order valence-corrected chi connectivity index (χ2v) is 15.4. The zero-order valence-corrected chi connectivity index (χ0v) is 32.9. The first-order chi connectivity index (χ1) is 30.2. The van der Waals surface area contributed by atoms with Crippen LogP contribution in [-0.2, 0) is 0 Å². The lowest BCUT2D eigenvalue weighted by Crippen LogP contribution is -2.20. The van der Waals surface area contributed by atoms with Gasteiger partial charge in [-0.15, -0.1) is 0 Å². The predicted molar refractivity (Wildman–Crippen MR) is 250 cm³/mol. The summed E-state index contributed by atoms with van der Waals surface area (Å²) in [6.07, 6.45) is 0. The fourth-order valence-corrected chi connectivity index (χ4v) is 9.13. The quantitative estimate of drug-likeness (QED) is 0.169. The van der Waals surface area contributed by atoms with E-state index in [0.29, 0.717) is 11.3 Å². The summed E-state index contributed by atoms with van der Waals surface area (Å²) in [5, 5.41) is 4.78. The lowest BCUT2D eigenvalue weighted by molar-refractivity contribution is 1.01. The molecule has 6 heteroatoms. The number of hydrogen-bond donors (Lipinski definition) is 0. The van der Waals surface area contributed by atoms with E-state index in [-0.39, 0.29) is 5.56 Å². The molecule has 0 unspecified atom stereocenters. The molecular formula is C55H35N5O. The second kappa shape index (κ2) is 13.9. The normalized spacial score (nSPS) is 11.7. The van der Waals surface area contributed by atoms with E-state index < -0.39 is 0 Å². The molecule has 0 bridgehead atoms. The van der Waals surface area contributed by atoms with E-state index in [4.69, 9.17) is 9.97 Å². The summed E-state index contributed by atoms with van der Waals surface area (Å²) < 4.78 is 6.26. The third-order valence-corrected chi connectivity index (χ3v) is 11.9. The highest BCUT2D eigenvalue weighted by Crippen LogP contribution is 2.39. The van der Waals surface area contributed by atoms with Crippen molar-refractivity contribution in [3.63, 3.8) is 0 Å². The Morgan fingerprint density at radius 2 is 0.869 bits per heavy atom. The van der Waals surface area contributed by atoms with Gasteiger partial charge in [0, 0.05) is 38.5 Å². The summed E-state index contributed by atoms with van der Waals surface area (Å²) in [5.41, 5.74) is 12.3. The molecular weight excluding hydrogens is 747 g/mol. The molecule has 0 N–H and O–H groups in total. The Labute approximate surface area is 350 Å². The molecule has 61 heavy (non-hydrogen) atoms. The summed E-state index contributed by atoms with van der Waals surface area (Å²) in [6.45, 7) is 0. The van der Waals surface area contributed by atoms with E-state index in [9.17, 15) is 0 Å². The van der Waals surface area contributed by atoms with Gasteiger partial charge >= 0.3 is 0 Å². The highest BCUT2D eigenvalue weighted by Gasteiger charge is 2.22. The van der Waals surface area contributed by atoms with Gasteiger partial charge in [0.2, 0.25) is 5.95 Å². The van der Waals surface area contributed by atoms with Crippen molar-refractivity contribution in [3.8, 4) is 51.0 Å². The Kier molecular flexibility index (Phi) is 7.90. The Bertz CT molecular complexity index is 3700. The molecule has 0 aliphatic heterocycles. The lowest BCUT2D eigenvalue weighted by Gasteiger charge is -2.15. The molecule has 4 heterocycles. The van der Waals surface area contributed by atoms with Crippen LogP contribution in [-0.4, -0.2) is 23.7 Å². The third-order valence-electron chi connectivity index (χ3n) is 11.9. The number of pyridine rings is 1. The Hall–Kier alpha value is -8.35. The standard InChI is InChI=1S/C55H35N5O/c61-54-52-45-34-39(30-32-49(45)58(40-21-9-3-10-22-40)51(52)35-50(36-17-5-1-6-18-36)59(54)41-23-11-4-12-24-41)38-29-31-48-44(33-38)42-25-14-16-28-47(42)60(48)55-56-46-27-15-13-26-43(46)53(57-55)37-19-7-2-8-20-37/h1-35H. The minimum atomic E-state index is -0.0665. The largest absolute Gasteiger partial charge is 0.309 e. The van der Waals surface area contributed by atoms with Crippen molar-refractivity contribution in [2.45, 2.75) is 0 Å². The van der Waals surface area contributed by atoms with Crippen LogP contribution in [0.25, 0.3) is 105 Å². The molecule has 12 aromatic rings. The number of para-hydroxylation sites is 4. The first kappa shape index (κ1) is 34.7. The highest BCUT2D eigenvalue weighted by atomic mass is 16.1. The number of rotatable bonds is 6. The van der Waals surface area contributed by atoms with Crippen LogP contribution >= 0.6 is 0 Å². The molecule has 0 amide bonds. The zero-order valence-electron chi connectivity index (χ0n) is 32.9. The van der Waals surface area contributed by atoms with Gasteiger partial charge in [-0.3, -0.25) is 13.9 Å². The van der Waals surface area contributed by atoms with E-state index in [1.165, 1.54) is 0 Å². The van der Waals surface area contributed by atoms with Gasteiger partial charge in [0.1, 0.15) is 0 Å². The van der Waals surface area contributed by atoms with Crippen LogP contribution in [0.1, 0.15) is 0 Å². The minimum absolute atomic E-state index is 0.0665. The van der Waals surface area contributed by atoms with Crippen LogP contribution in [0, 0.1) is 0 Å². The lowest BCUT2D eigenvalue weighted by atomic mass is 10.0. The Morgan fingerprint density at radius 3 is 1.56 bits per heavy atom. The van der Waals surface area contributed by atoms with Gasteiger partial charge in [-0.05, 0) is 83.4 Å². The first-order valence-corrected chi connectivity index (χ1v) is 20.5. The van der Waals surface area contributed by atoms with Crippen LogP contribution in [0.2, 0.25) is 0 Å². The van der Waals surface area contributed by atoms with Crippen LogP contribution in [0.4, 0.5) is 0 Å². The molecule has 0 saturated heterocycles. The zero-order chi connectivity index (χ0) is 40.4. The average Bonchev–Trinajstić information content (AvgIpc) is 3.84. The number of nitrogens with zero attached hydrogens (tertiary/aromatic N) is 5. The van der Waals surface area contributed by atoms with Crippen LogP contribution in [0.15, 0.2) is 217 Å². The predicted octanol–water partition coefficient (Wildman–Crippen LogP) is 13.0. The van der Waals surface area contributed by atoms with E-state index in [1.807, 2.05) is 102 Å².